The molecule has 1 aromatic heterocycles. The van der Waals surface area contributed by atoms with E-state index in [0.29, 0.717) is 19.5 Å². The molecular weight excluding hydrogens is 324 g/mol. The van der Waals surface area contributed by atoms with Crippen molar-refractivity contribution >= 4 is 23.3 Å². The number of carbonyl (C=O) groups is 1. The summed E-state index contributed by atoms with van der Waals surface area (Å²) in [5.41, 5.74) is 1.06. The Labute approximate surface area is 148 Å². The normalized spacial score (nSPS) is 15.5. The Kier molecular flexibility index (Phi) is 7.49. The number of rotatable bonds is 7. The number of aliphatic imine (C=N–C) groups is 1. The van der Waals surface area contributed by atoms with Crippen LogP contribution in [0.5, 0.6) is 0 Å². The third-order valence-electron chi connectivity index (χ3n) is 4.09. The van der Waals surface area contributed by atoms with Crippen molar-refractivity contribution in [1.29, 1.82) is 0 Å². The van der Waals surface area contributed by atoms with E-state index in [1.165, 1.54) is 17.7 Å². The molecular formula is C17H28N4O2S. The molecule has 1 fully saturated rings. The van der Waals surface area contributed by atoms with E-state index < -0.39 is 0 Å². The molecule has 0 amide bonds. The minimum atomic E-state index is -0.0811. The van der Waals surface area contributed by atoms with Crippen molar-refractivity contribution in [1.82, 2.24) is 15.6 Å². The monoisotopic (exact) mass is 352 g/mol. The Hall–Kier alpha value is -1.63. The maximum Gasteiger partial charge on any atom is 0.306 e. The number of hydrogen-bond acceptors (Lipinski definition) is 5. The van der Waals surface area contributed by atoms with Crippen LogP contribution in [0.2, 0.25) is 0 Å². The first-order valence-electron chi connectivity index (χ1n) is 8.65. The van der Waals surface area contributed by atoms with E-state index >= 15 is 0 Å². The van der Waals surface area contributed by atoms with Gasteiger partial charge in [-0.05, 0) is 46.0 Å². The first kappa shape index (κ1) is 18.7. The summed E-state index contributed by atoms with van der Waals surface area (Å²) >= 11 is 1.70. The quantitative estimate of drug-likeness (QED) is 0.341. The van der Waals surface area contributed by atoms with Crippen molar-refractivity contribution < 1.29 is 9.53 Å². The molecule has 0 bridgehead atoms. The first-order chi connectivity index (χ1) is 11.6. The highest BCUT2D eigenvalue weighted by atomic mass is 32.1. The van der Waals surface area contributed by atoms with Crippen LogP contribution in [0.4, 0.5) is 0 Å². The third kappa shape index (κ3) is 6.11. The van der Waals surface area contributed by atoms with Crippen LogP contribution < -0.4 is 10.6 Å². The molecule has 1 heterocycles. The number of nitrogens with one attached hydrogen (secondary N) is 2. The number of ether oxygens (including phenoxy) is 1. The number of nitrogens with zero attached hydrogens (tertiary/aromatic N) is 2. The molecule has 1 saturated carbocycles. The molecule has 24 heavy (non-hydrogen) atoms. The predicted molar refractivity (Wildman–Crippen MR) is 97.4 cm³/mol. The van der Waals surface area contributed by atoms with E-state index in [-0.39, 0.29) is 12.1 Å². The van der Waals surface area contributed by atoms with Crippen molar-refractivity contribution in [3.05, 3.63) is 15.6 Å². The lowest BCUT2D eigenvalue weighted by atomic mass is 10.3. The Balaban J connectivity index is 1.61. The van der Waals surface area contributed by atoms with Crippen LogP contribution in [0, 0.1) is 13.8 Å². The molecule has 0 atom stereocenters. The van der Waals surface area contributed by atoms with Crippen LogP contribution in [0.25, 0.3) is 0 Å². The maximum absolute atomic E-state index is 11.8. The second-order valence-corrected chi connectivity index (χ2v) is 7.38. The first-order valence-corrected chi connectivity index (χ1v) is 9.47. The van der Waals surface area contributed by atoms with Crippen LogP contribution in [-0.2, 0) is 16.1 Å². The summed E-state index contributed by atoms with van der Waals surface area (Å²) in [7, 11) is 1.74. The van der Waals surface area contributed by atoms with Gasteiger partial charge in [0.2, 0.25) is 0 Å². The molecule has 0 aliphatic heterocycles. The molecule has 1 aliphatic rings. The molecule has 0 aromatic carbocycles. The van der Waals surface area contributed by atoms with Gasteiger partial charge in [0.05, 0.1) is 17.2 Å². The van der Waals surface area contributed by atoms with Crippen LogP contribution >= 0.6 is 11.3 Å². The van der Waals surface area contributed by atoms with Crippen molar-refractivity contribution in [2.24, 2.45) is 4.99 Å². The summed E-state index contributed by atoms with van der Waals surface area (Å²) in [5, 5.41) is 7.59. The van der Waals surface area contributed by atoms with Gasteiger partial charge in [-0.2, -0.15) is 0 Å². The number of aryl methyl sites for hydroxylation is 2. The molecule has 7 heteroatoms. The van der Waals surface area contributed by atoms with E-state index in [2.05, 4.69) is 20.6 Å². The van der Waals surface area contributed by atoms with Crippen LogP contribution in [0.15, 0.2) is 4.99 Å². The van der Waals surface area contributed by atoms with Crippen molar-refractivity contribution in [3.63, 3.8) is 0 Å². The number of carbonyl (C=O) groups excluding carboxylic acids is 1. The number of esters is 1. The maximum atomic E-state index is 11.8. The number of hydrogen-bond donors (Lipinski definition) is 2. The largest absolute Gasteiger partial charge is 0.462 e. The Morgan fingerprint density at radius 1 is 1.33 bits per heavy atom. The number of aromatic nitrogens is 1. The minimum Gasteiger partial charge on any atom is -0.462 e. The van der Waals surface area contributed by atoms with Gasteiger partial charge >= 0.3 is 5.97 Å². The van der Waals surface area contributed by atoms with Gasteiger partial charge in [-0.1, -0.05) is 0 Å². The molecule has 6 nitrogen and oxygen atoms in total. The molecule has 1 aromatic rings. The smallest absolute Gasteiger partial charge is 0.306 e. The van der Waals surface area contributed by atoms with Crippen molar-refractivity contribution in [2.45, 2.75) is 65.0 Å². The zero-order valence-corrected chi connectivity index (χ0v) is 15.7. The molecule has 0 unspecified atom stereocenters. The van der Waals surface area contributed by atoms with Crippen LogP contribution in [0.3, 0.4) is 0 Å². The van der Waals surface area contributed by atoms with Gasteiger partial charge in [-0.25, -0.2) is 4.98 Å². The Morgan fingerprint density at radius 2 is 2.08 bits per heavy atom. The summed E-state index contributed by atoms with van der Waals surface area (Å²) < 4.78 is 5.45. The molecule has 2 N–H and O–H groups in total. The summed E-state index contributed by atoms with van der Waals surface area (Å²) in [5.74, 6) is 0.659. The van der Waals surface area contributed by atoms with E-state index in [4.69, 9.17) is 4.74 Å². The molecule has 134 valence electrons. The highest BCUT2D eigenvalue weighted by molar-refractivity contribution is 7.11. The van der Waals surface area contributed by atoms with Crippen molar-refractivity contribution in [2.75, 3.05) is 13.6 Å². The van der Waals surface area contributed by atoms with E-state index in [1.807, 2.05) is 13.8 Å². The van der Waals surface area contributed by atoms with E-state index in [9.17, 15) is 4.79 Å². The molecule has 0 saturated heterocycles. The third-order valence-corrected chi connectivity index (χ3v) is 5.16. The average Bonchev–Trinajstić information content (AvgIpc) is 3.16. The fourth-order valence-electron chi connectivity index (χ4n) is 2.81. The fourth-order valence-corrected chi connectivity index (χ4v) is 3.69. The van der Waals surface area contributed by atoms with Crippen LogP contribution in [0.1, 0.15) is 54.1 Å². The molecule has 1 aliphatic carbocycles. The molecule has 2 rings (SSSR count). The van der Waals surface area contributed by atoms with Gasteiger partial charge in [0.25, 0.3) is 0 Å². The van der Waals surface area contributed by atoms with E-state index in [0.717, 1.165) is 35.9 Å². The summed E-state index contributed by atoms with van der Waals surface area (Å²) in [6.45, 7) is 5.44. The van der Waals surface area contributed by atoms with Gasteiger partial charge in [-0.3, -0.25) is 9.79 Å². The zero-order valence-electron chi connectivity index (χ0n) is 14.9. The standard InChI is InChI=1S/C17H28N4O2S/c1-12-15(24-13(2)21-12)11-20-17(18-3)19-10-6-9-16(22)23-14-7-4-5-8-14/h14H,4-11H2,1-3H3,(H2,18,19,20). The van der Waals surface area contributed by atoms with Gasteiger partial charge in [0.1, 0.15) is 6.10 Å². The summed E-state index contributed by atoms with van der Waals surface area (Å²) in [6.07, 6.45) is 5.76. The Morgan fingerprint density at radius 3 is 2.71 bits per heavy atom. The molecule has 0 spiro atoms. The Bertz CT molecular complexity index is 565. The van der Waals surface area contributed by atoms with E-state index in [1.54, 1.807) is 18.4 Å². The lowest BCUT2D eigenvalue weighted by molar-refractivity contribution is -0.148. The lowest BCUT2D eigenvalue weighted by Gasteiger charge is -2.13. The van der Waals surface area contributed by atoms with Gasteiger partial charge in [0.15, 0.2) is 5.96 Å². The lowest BCUT2D eigenvalue weighted by Crippen LogP contribution is -2.37. The topological polar surface area (TPSA) is 75.6 Å². The van der Waals surface area contributed by atoms with Crippen molar-refractivity contribution in [3.8, 4) is 0 Å². The van der Waals surface area contributed by atoms with Gasteiger partial charge in [-0.15, -0.1) is 11.3 Å². The summed E-state index contributed by atoms with van der Waals surface area (Å²) in [6, 6.07) is 0. The fraction of sp³-hybridized carbons (Fsp3) is 0.706. The highest BCUT2D eigenvalue weighted by Crippen LogP contribution is 2.21. The average molecular weight is 353 g/mol. The second-order valence-electron chi connectivity index (χ2n) is 6.09. The van der Waals surface area contributed by atoms with Gasteiger partial charge < -0.3 is 15.4 Å². The zero-order chi connectivity index (χ0) is 17.4. The summed E-state index contributed by atoms with van der Waals surface area (Å²) in [4.78, 5) is 21.6. The predicted octanol–water partition coefficient (Wildman–Crippen LogP) is 2.69. The number of thiazole rings is 1. The SMILES string of the molecule is CN=C(NCCCC(=O)OC1CCCC1)NCc1sc(C)nc1C. The highest BCUT2D eigenvalue weighted by Gasteiger charge is 2.18. The van der Waals surface area contributed by atoms with Gasteiger partial charge in [0, 0.05) is 24.9 Å². The minimum absolute atomic E-state index is 0.0811. The molecule has 0 radical (unpaired) electrons. The number of guanidine groups is 1. The second kappa shape index (κ2) is 9.61. The van der Waals surface area contributed by atoms with Crippen LogP contribution in [-0.4, -0.2) is 36.6 Å².